The van der Waals surface area contributed by atoms with Crippen molar-refractivity contribution in [3.05, 3.63) is 48.6 Å². The van der Waals surface area contributed by atoms with Crippen molar-refractivity contribution in [2.24, 2.45) is 0 Å². The summed E-state index contributed by atoms with van der Waals surface area (Å²) in [5.74, 6) is -2.31. The number of hydrogen-bond acceptors (Lipinski definition) is 6. The number of aliphatic carboxylic acids is 1. The molecule has 9 heteroatoms. The molecule has 2 amide bonds. The number of hydrogen-bond donors (Lipinski definition) is 4. The van der Waals surface area contributed by atoms with Gasteiger partial charge in [0.2, 0.25) is 11.8 Å². The van der Waals surface area contributed by atoms with Crippen molar-refractivity contribution in [3.8, 4) is 0 Å². The van der Waals surface area contributed by atoms with Gasteiger partial charge < -0.3 is 25.6 Å². The van der Waals surface area contributed by atoms with Crippen molar-refractivity contribution in [1.82, 2.24) is 10.6 Å². The first kappa shape index (κ1) is 55.8. The summed E-state index contributed by atoms with van der Waals surface area (Å²) in [4.78, 5) is 47.7. The summed E-state index contributed by atoms with van der Waals surface area (Å²) >= 11 is 0. The lowest BCUT2D eigenvalue weighted by atomic mass is 10.0. The van der Waals surface area contributed by atoms with Crippen LogP contribution in [0, 0.1) is 0 Å². The molecular formula is C50H88N2O7. The number of carbonyl (C=O) groups is 4. The van der Waals surface area contributed by atoms with E-state index in [4.69, 9.17) is 14.9 Å². The molecule has 0 spiro atoms. The molecule has 0 saturated heterocycles. The molecule has 9 nitrogen and oxygen atoms in total. The number of rotatable bonds is 43. The van der Waals surface area contributed by atoms with E-state index in [1.165, 1.54) is 83.5 Å². The topological polar surface area (TPSA) is 142 Å². The lowest BCUT2D eigenvalue weighted by Gasteiger charge is -2.18. The molecular weight excluding hydrogens is 741 g/mol. The van der Waals surface area contributed by atoms with Crippen LogP contribution in [0.3, 0.4) is 0 Å². The summed E-state index contributed by atoms with van der Waals surface area (Å²) in [6.07, 6.45) is 52.8. The first-order valence-electron chi connectivity index (χ1n) is 24.0. The molecule has 0 fully saturated rings. The zero-order valence-electron chi connectivity index (χ0n) is 37.8. The van der Waals surface area contributed by atoms with Gasteiger partial charge in [-0.25, -0.2) is 4.79 Å². The van der Waals surface area contributed by atoms with Gasteiger partial charge in [0.25, 0.3) is 0 Å². The van der Waals surface area contributed by atoms with Crippen LogP contribution in [0.25, 0.3) is 0 Å². The molecule has 0 aromatic rings. The number of esters is 1. The highest BCUT2D eigenvalue weighted by Gasteiger charge is 2.19. The van der Waals surface area contributed by atoms with Crippen LogP contribution < -0.4 is 10.6 Å². The standard InChI is InChI=1S/C50H88N2O7/c1-3-5-7-9-11-13-15-17-19-20-21-23-25-27-29-34-38-42-49(56)59-45(39-35-31-28-26-24-22-18-16-14-12-10-8-6-4-2)40-36-32-30-33-37-41-47(54)51-43-48(55)52-46(44-53)50(57)58/h5,7,11,13,17,19,21,23,45-46,53H,3-4,6,8-10,12,14-16,18,20,22,24-44H2,1-2H3,(H,51,54)(H,52,55)(H,57,58)/b7-5-,13-11-,19-17-,23-21-. The Hall–Kier alpha value is -3.20. The number of carboxylic acid groups (broad SMARTS) is 1. The van der Waals surface area contributed by atoms with Gasteiger partial charge in [0.05, 0.1) is 13.2 Å². The van der Waals surface area contributed by atoms with E-state index in [2.05, 4.69) is 73.1 Å². The molecule has 2 unspecified atom stereocenters. The van der Waals surface area contributed by atoms with E-state index in [9.17, 15) is 19.2 Å². The molecule has 0 bridgehead atoms. The van der Waals surface area contributed by atoms with Crippen molar-refractivity contribution < 1.29 is 34.1 Å². The molecule has 2 atom stereocenters. The highest BCUT2D eigenvalue weighted by atomic mass is 16.5. The van der Waals surface area contributed by atoms with E-state index in [1.807, 2.05) is 0 Å². The molecule has 0 aromatic heterocycles. The van der Waals surface area contributed by atoms with E-state index >= 15 is 0 Å². The predicted molar refractivity (Wildman–Crippen MR) is 245 cm³/mol. The Kier molecular flexibility index (Phi) is 41.9. The number of unbranched alkanes of at least 4 members (excludes halogenated alkanes) is 21. The van der Waals surface area contributed by atoms with Crippen molar-refractivity contribution in [1.29, 1.82) is 0 Å². The van der Waals surface area contributed by atoms with Gasteiger partial charge in [-0.2, -0.15) is 0 Å². The van der Waals surface area contributed by atoms with Crippen LogP contribution in [0.1, 0.15) is 219 Å². The van der Waals surface area contributed by atoms with Gasteiger partial charge in [0.1, 0.15) is 12.1 Å². The van der Waals surface area contributed by atoms with Gasteiger partial charge in [-0.15, -0.1) is 0 Å². The summed E-state index contributed by atoms with van der Waals surface area (Å²) in [6.45, 7) is 3.38. The molecule has 0 aliphatic carbocycles. The Morgan fingerprint density at radius 2 is 0.966 bits per heavy atom. The maximum atomic E-state index is 12.8. The quantitative estimate of drug-likeness (QED) is 0.0272. The first-order chi connectivity index (χ1) is 28.8. The molecule has 0 saturated carbocycles. The molecule has 0 radical (unpaired) electrons. The summed E-state index contributed by atoms with van der Waals surface area (Å²) in [7, 11) is 0. The zero-order valence-corrected chi connectivity index (χ0v) is 37.8. The number of nitrogens with one attached hydrogen (secondary N) is 2. The van der Waals surface area contributed by atoms with Crippen molar-refractivity contribution in [2.45, 2.75) is 231 Å². The minimum absolute atomic E-state index is 0.0264. The van der Waals surface area contributed by atoms with Crippen molar-refractivity contribution >= 4 is 23.8 Å². The summed E-state index contributed by atoms with van der Waals surface area (Å²) in [5, 5.41) is 22.6. The van der Waals surface area contributed by atoms with Crippen LogP contribution in [0.4, 0.5) is 0 Å². The molecule has 0 rings (SSSR count). The minimum atomic E-state index is -1.38. The smallest absolute Gasteiger partial charge is 0.328 e. The van der Waals surface area contributed by atoms with Gasteiger partial charge in [-0.1, -0.05) is 178 Å². The Bertz CT molecular complexity index is 1130. The number of carbonyl (C=O) groups excluding carboxylic acids is 3. The maximum Gasteiger partial charge on any atom is 0.328 e. The molecule has 0 heterocycles. The van der Waals surface area contributed by atoms with E-state index in [0.29, 0.717) is 19.3 Å². The average molecular weight is 829 g/mol. The summed E-state index contributed by atoms with van der Waals surface area (Å²) < 4.78 is 6.05. The largest absolute Gasteiger partial charge is 0.480 e. The third kappa shape index (κ3) is 41.3. The number of ether oxygens (including phenoxy) is 1. The molecule has 0 aromatic carbocycles. The van der Waals surface area contributed by atoms with Crippen molar-refractivity contribution in [3.63, 3.8) is 0 Å². The zero-order chi connectivity index (χ0) is 43.3. The average Bonchev–Trinajstić information content (AvgIpc) is 3.22. The van der Waals surface area contributed by atoms with Gasteiger partial charge in [0.15, 0.2) is 0 Å². The molecule has 340 valence electrons. The fourth-order valence-corrected chi connectivity index (χ4v) is 6.94. The maximum absolute atomic E-state index is 12.8. The monoisotopic (exact) mass is 829 g/mol. The predicted octanol–water partition coefficient (Wildman–Crippen LogP) is 12.3. The number of amides is 2. The first-order valence-corrected chi connectivity index (χ1v) is 24.0. The van der Waals surface area contributed by atoms with E-state index < -0.39 is 24.5 Å². The van der Waals surface area contributed by atoms with Crippen LogP contribution in [0.2, 0.25) is 0 Å². The Morgan fingerprint density at radius 3 is 1.46 bits per heavy atom. The van der Waals surface area contributed by atoms with Crippen LogP contribution in [0.15, 0.2) is 48.6 Å². The van der Waals surface area contributed by atoms with Crippen LogP contribution in [0.5, 0.6) is 0 Å². The minimum Gasteiger partial charge on any atom is -0.480 e. The highest BCUT2D eigenvalue weighted by Crippen LogP contribution is 2.19. The van der Waals surface area contributed by atoms with Gasteiger partial charge in [-0.3, -0.25) is 14.4 Å². The van der Waals surface area contributed by atoms with Crippen LogP contribution >= 0.6 is 0 Å². The lowest BCUT2D eigenvalue weighted by molar-refractivity contribution is -0.150. The molecule has 0 aliphatic heterocycles. The number of aliphatic hydroxyl groups excluding tert-OH is 1. The third-order valence-electron chi connectivity index (χ3n) is 10.6. The summed E-state index contributed by atoms with van der Waals surface area (Å²) in [5.41, 5.74) is 0. The van der Waals surface area contributed by atoms with Gasteiger partial charge in [0, 0.05) is 12.8 Å². The van der Waals surface area contributed by atoms with Gasteiger partial charge >= 0.3 is 11.9 Å². The van der Waals surface area contributed by atoms with E-state index in [0.717, 1.165) is 103 Å². The fraction of sp³-hybridized carbons (Fsp3) is 0.760. The SMILES string of the molecule is CC/C=C\C/C=C\C/C=C\C/C=C\CCCCCCC(=O)OC(CCCCCCCCCCCCCCCC)CCCCCCCC(=O)NCC(=O)NC(CO)C(=O)O. The summed E-state index contributed by atoms with van der Waals surface area (Å²) in [6, 6.07) is -1.38. The van der Waals surface area contributed by atoms with Crippen LogP contribution in [-0.2, 0) is 23.9 Å². The second kappa shape index (κ2) is 44.4. The second-order valence-corrected chi connectivity index (χ2v) is 16.2. The van der Waals surface area contributed by atoms with E-state index in [1.54, 1.807) is 0 Å². The molecule has 59 heavy (non-hydrogen) atoms. The second-order valence-electron chi connectivity index (χ2n) is 16.2. The normalized spacial score (nSPS) is 12.9. The van der Waals surface area contributed by atoms with Crippen molar-refractivity contribution in [2.75, 3.05) is 13.2 Å². The molecule has 0 aliphatic rings. The Labute approximate surface area is 360 Å². The Morgan fingerprint density at radius 1 is 0.525 bits per heavy atom. The molecule has 4 N–H and O–H groups in total. The van der Waals surface area contributed by atoms with Gasteiger partial charge in [-0.05, 0) is 77.0 Å². The third-order valence-corrected chi connectivity index (χ3v) is 10.6. The highest BCUT2D eigenvalue weighted by molar-refractivity contribution is 5.87. The lowest BCUT2D eigenvalue weighted by Crippen LogP contribution is -2.47. The van der Waals surface area contributed by atoms with Crippen LogP contribution in [-0.4, -0.2) is 59.3 Å². The van der Waals surface area contributed by atoms with E-state index in [-0.39, 0.29) is 24.5 Å². The number of carboxylic acids is 1. The number of aliphatic hydroxyl groups is 1. The number of allylic oxidation sites excluding steroid dienone is 8. The Balaban J connectivity index is 4.36. The fourth-order valence-electron chi connectivity index (χ4n) is 6.94.